The van der Waals surface area contributed by atoms with Crippen LogP contribution in [0, 0.1) is 13.8 Å². The van der Waals surface area contributed by atoms with E-state index in [0.717, 1.165) is 17.2 Å². The van der Waals surface area contributed by atoms with Crippen molar-refractivity contribution in [1.29, 1.82) is 0 Å². The number of H-pyrrole nitrogens is 1. The van der Waals surface area contributed by atoms with Crippen LogP contribution in [0.2, 0.25) is 0 Å². The number of benzene rings is 1. The van der Waals surface area contributed by atoms with Crippen LogP contribution in [0.5, 0.6) is 0 Å². The first-order valence-electron chi connectivity index (χ1n) is 6.80. The molecule has 0 spiro atoms. The number of esters is 1. The molecule has 2 rings (SSSR count). The standard InChI is InChI=1S/C15H15F3N2O4/c1-8-4-6-10(7-5-8)20-12(21)11(9(2)19-20)14(23,13(22)24-3)15(16,17)18/h4-7,19,23H,1-3H3. The van der Waals surface area contributed by atoms with Gasteiger partial charge in [0.2, 0.25) is 0 Å². The van der Waals surface area contributed by atoms with Crippen molar-refractivity contribution < 1.29 is 27.8 Å². The summed E-state index contributed by atoms with van der Waals surface area (Å²) in [5.41, 5.74) is -5.53. The molecule has 9 heteroatoms. The van der Waals surface area contributed by atoms with Gasteiger partial charge in [0.15, 0.2) is 0 Å². The van der Waals surface area contributed by atoms with Crippen molar-refractivity contribution >= 4 is 5.97 Å². The van der Waals surface area contributed by atoms with E-state index in [4.69, 9.17) is 0 Å². The van der Waals surface area contributed by atoms with Crippen LogP contribution < -0.4 is 5.56 Å². The summed E-state index contributed by atoms with van der Waals surface area (Å²) in [6.07, 6.45) is -5.43. The first kappa shape index (κ1) is 17.8. The van der Waals surface area contributed by atoms with Crippen LogP contribution in [0.1, 0.15) is 16.8 Å². The maximum Gasteiger partial charge on any atom is 0.432 e. The second-order valence-electron chi connectivity index (χ2n) is 5.29. The number of carbonyl (C=O) groups is 1. The lowest BCUT2D eigenvalue weighted by molar-refractivity contribution is -0.267. The van der Waals surface area contributed by atoms with Gasteiger partial charge in [-0.1, -0.05) is 17.7 Å². The molecule has 2 aromatic rings. The minimum Gasteiger partial charge on any atom is -0.466 e. The van der Waals surface area contributed by atoms with Gasteiger partial charge in [-0.05, 0) is 26.0 Å². The molecule has 0 aliphatic heterocycles. The first-order valence-corrected chi connectivity index (χ1v) is 6.80. The molecule has 24 heavy (non-hydrogen) atoms. The summed E-state index contributed by atoms with van der Waals surface area (Å²) in [5.74, 6) is -1.98. The van der Waals surface area contributed by atoms with Gasteiger partial charge in [-0.2, -0.15) is 13.2 Å². The molecule has 0 radical (unpaired) electrons. The van der Waals surface area contributed by atoms with E-state index < -0.39 is 28.9 Å². The number of ether oxygens (including phenoxy) is 1. The number of halogens is 3. The summed E-state index contributed by atoms with van der Waals surface area (Å²) in [6.45, 7) is 2.96. The van der Waals surface area contributed by atoms with Crippen molar-refractivity contribution in [1.82, 2.24) is 9.78 Å². The lowest BCUT2D eigenvalue weighted by Crippen LogP contribution is -2.52. The van der Waals surface area contributed by atoms with Crippen molar-refractivity contribution in [2.45, 2.75) is 25.6 Å². The Bertz CT molecular complexity index is 821. The Morgan fingerprint density at radius 3 is 2.21 bits per heavy atom. The van der Waals surface area contributed by atoms with Crippen molar-refractivity contribution in [2.75, 3.05) is 7.11 Å². The van der Waals surface area contributed by atoms with Crippen LogP contribution in [0.15, 0.2) is 29.1 Å². The SMILES string of the molecule is COC(=O)C(O)(c1c(C)[nH]n(-c2ccc(C)cc2)c1=O)C(F)(F)F. The molecule has 0 saturated carbocycles. The number of aliphatic hydroxyl groups is 1. The molecule has 0 saturated heterocycles. The van der Waals surface area contributed by atoms with E-state index in [-0.39, 0.29) is 11.4 Å². The minimum atomic E-state index is -5.43. The molecule has 0 amide bonds. The van der Waals surface area contributed by atoms with Gasteiger partial charge in [0.1, 0.15) is 0 Å². The summed E-state index contributed by atoms with van der Waals surface area (Å²) in [5, 5.41) is 12.5. The number of nitrogens with zero attached hydrogens (tertiary/aromatic N) is 1. The quantitative estimate of drug-likeness (QED) is 0.830. The molecular formula is C15H15F3N2O4. The third-order valence-electron chi connectivity index (χ3n) is 3.62. The number of rotatable bonds is 3. The molecule has 1 aromatic heterocycles. The zero-order valence-electron chi connectivity index (χ0n) is 13.1. The third kappa shape index (κ3) is 2.60. The fraction of sp³-hybridized carbons (Fsp3) is 0.333. The number of aromatic nitrogens is 2. The summed E-state index contributed by atoms with van der Waals surface area (Å²) in [7, 11) is 0.694. The molecule has 0 aliphatic carbocycles. The first-order chi connectivity index (χ1) is 11.0. The highest BCUT2D eigenvalue weighted by atomic mass is 19.4. The molecule has 130 valence electrons. The van der Waals surface area contributed by atoms with Crippen LogP contribution in [0.4, 0.5) is 13.2 Å². The van der Waals surface area contributed by atoms with Crippen molar-refractivity contribution in [2.24, 2.45) is 0 Å². The minimum absolute atomic E-state index is 0.259. The van der Waals surface area contributed by atoms with E-state index in [1.54, 1.807) is 19.1 Å². The summed E-state index contributed by atoms with van der Waals surface area (Å²) < 4.78 is 44.9. The van der Waals surface area contributed by atoms with Crippen molar-refractivity contribution in [3.05, 3.63) is 51.4 Å². The second-order valence-corrected chi connectivity index (χ2v) is 5.29. The predicted molar refractivity (Wildman–Crippen MR) is 77.8 cm³/mol. The van der Waals surface area contributed by atoms with Crippen LogP contribution in [-0.4, -0.2) is 34.1 Å². The number of carbonyl (C=O) groups excluding carboxylic acids is 1. The van der Waals surface area contributed by atoms with Crippen molar-refractivity contribution in [3.8, 4) is 5.69 Å². The van der Waals surface area contributed by atoms with Gasteiger partial charge < -0.3 is 9.84 Å². The lowest BCUT2D eigenvalue weighted by Gasteiger charge is -2.26. The molecular weight excluding hydrogens is 329 g/mol. The number of hydrogen-bond acceptors (Lipinski definition) is 4. The number of hydrogen-bond donors (Lipinski definition) is 2. The number of nitrogens with one attached hydrogen (secondary N) is 1. The van der Waals surface area contributed by atoms with E-state index >= 15 is 0 Å². The molecule has 0 aliphatic rings. The van der Waals surface area contributed by atoms with E-state index in [9.17, 15) is 27.9 Å². The summed E-state index contributed by atoms with van der Waals surface area (Å²) >= 11 is 0. The molecule has 0 bridgehead atoms. The molecule has 1 unspecified atom stereocenters. The molecule has 0 fully saturated rings. The second kappa shape index (κ2) is 5.82. The van der Waals surface area contributed by atoms with Crippen molar-refractivity contribution in [3.63, 3.8) is 0 Å². The average Bonchev–Trinajstić information content (AvgIpc) is 2.80. The number of alkyl halides is 3. The highest BCUT2D eigenvalue weighted by Crippen LogP contribution is 2.39. The summed E-state index contributed by atoms with van der Waals surface area (Å²) in [6, 6.07) is 6.35. The van der Waals surface area contributed by atoms with Crippen LogP contribution in [-0.2, 0) is 15.1 Å². The summed E-state index contributed by atoms with van der Waals surface area (Å²) in [4.78, 5) is 24.1. The maximum atomic E-state index is 13.3. The Balaban J connectivity index is 2.73. The smallest absolute Gasteiger partial charge is 0.432 e. The van der Waals surface area contributed by atoms with Gasteiger partial charge in [0.05, 0.1) is 18.4 Å². The van der Waals surface area contributed by atoms with E-state index in [1.165, 1.54) is 12.1 Å². The number of aryl methyl sites for hydroxylation is 2. The predicted octanol–water partition coefficient (Wildman–Crippen LogP) is 1.71. The number of aromatic amines is 1. The zero-order valence-corrected chi connectivity index (χ0v) is 13.1. The molecule has 1 heterocycles. The van der Waals surface area contributed by atoms with Gasteiger partial charge >= 0.3 is 12.1 Å². The van der Waals surface area contributed by atoms with Gasteiger partial charge in [0, 0.05) is 5.69 Å². The van der Waals surface area contributed by atoms with Crippen LogP contribution in [0.3, 0.4) is 0 Å². The van der Waals surface area contributed by atoms with Gasteiger partial charge in [0.25, 0.3) is 11.2 Å². The van der Waals surface area contributed by atoms with Crippen LogP contribution in [0.25, 0.3) is 5.69 Å². The Hall–Kier alpha value is -2.55. The Morgan fingerprint density at radius 2 is 1.75 bits per heavy atom. The zero-order chi connectivity index (χ0) is 18.3. The third-order valence-corrected chi connectivity index (χ3v) is 3.62. The van der Waals surface area contributed by atoms with E-state index in [1.807, 2.05) is 0 Å². The fourth-order valence-electron chi connectivity index (χ4n) is 2.36. The molecule has 6 nitrogen and oxygen atoms in total. The number of methoxy groups -OCH3 is 1. The highest BCUT2D eigenvalue weighted by molar-refractivity contribution is 5.82. The molecule has 1 atom stereocenters. The fourth-order valence-corrected chi connectivity index (χ4v) is 2.36. The lowest BCUT2D eigenvalue weighted by atomic mass is 9.93. The van der Waals surface area contributed by atoms with Crippen LogP contribution >= 0.6 is 0 Å². The Kier molecular flexibility index (Phi) is 4.32. The Morgan fingerprint density at radius 1 is 1.21 bits per heavy atom. The van der Waals surface area contributed by atoms with Gasteiger partial charge in [-0.25, -0.2) is 9.48 Å². The van der Waals surface area contributed by atoms with Gasteiger partial charge in [-0.15, -0.1) is 0 Å². The molecule has 1 aromatic carbocycles. The maximum absolute atomic E-state index is 13.3. The average molecular weight is 344 g/mol. The molecule has 2 N–H and O–H groups in total. The Labute approximate surface area is 134 Å². The normalized spacial score (nSPS) is 14.3. The van der Waals surface area contributed by atoms with Gasteiger partial charge in [-0.3, -0.25) is 9.89 Å². The van der Waals surface area contributed by atoms with E-state index in [0.29, 0.717) is 7.11 Å². The topological polar surface area (TPSA) is 84.3 Å². The monoisotopic (exact) mass is 344 g/mol. The largest absolute Gasteiger partial charge is 0.466 e. The van der Waals surface area contributed by atoms with E-state index in [2.05, 4.69) is 9.84 Å². The highest BCUT2D eigenvalue weighted by Gasteiger charge is 2.64.